The molecule has 0 aliphatic carbocycles. The zero-order valence-corrected chi connectivity index (χ0v) is 19.6. The first-order chi connectivity index (χ1) is 17.6. The van der Waals surface area contributed by atoms with Crippen molar-refractivity contribution in [3.8, 4) is 10.7 Å². The van der Waals surface area contributed by atoms with Crippen LogP contribution in [0.25, 0.3) is 20.9 Å². The van der Waals surface area contributed by atoms with Crippen LogP contribution in [0.3, 0.4) is 0 Å². The molecule has 0 aliphatic heterocycles. The van der Waals surface area contributed by atoms with Crippen molar-refractivity contribution in [2.75, 3.05) is 11.9 Å². The molecule has 0 aliphatic rings. The van der Waals surface area contributed by atoms with Gasteiger partial charge in [0.2, 0.25) is 0 Å². The number of ether oxygens (including phenoxy) is 1. The first kappa shape index (κ1) is 23.0. The van der Waals surface area contributed by atoms with E-state index in [0.717, 1.165) is 10.2 Å². The number of para-hydroxylation sites is 2. The standard InChI is InChI=1S/C27H18N4O4S/c32-22(30-19-11-5-4-10-18(19)25(33)17-8-2-1-3-9-17)16-35-27(34)24-23(28-14-15-29-24)26-31-20-12-6-7-13-21(20)36-26/h1-15H,16H2,(H,30,32). The second kappa shape index (κ2) is 10.2. The van der Waals surface area contributed by atoms with Crippen LogP contribution in [0.5, 0.6) is 0 Å². The molecule has 2 aromatic heterocycles. The molecule has 3 aromatic carbocycles. The van der Waals surface area contributed by atoms with Crippen LogP contribution in [0, 0.1) is 0 Å². The maximum Gasteiger partial charge on any atom is 0.359 e. The molecule has 0 fully saturated rings. The van der Waals surface area contributed by atoms with Gasteiger partial charge < -0.3 is 10.1 Å². The summed E-state index contributed by atoms with van der Waals surface area (Å²) in [5.74, 6) is -1.63. The quantitative estimate of drug-likeness (QED) is 0.256. The van der Waals surface area contributed by atoms with Crippen molar-refractivity contribution in [1.29, 1.82) is 0 Å². The number of hydrogen-bond acceptors (Lipinski definition) is 8. The number of aromatic nitrogens is 3. The molecule has 5 rings (SSSR count). The van der Waals surface area contributed by atoms with Crippen molar-refractivity contribution < 1.29 is 19.1 Å². The van der Waals surface area contributed by atoms with Gasteiger partial charge in [0, 0.05) is 23.5 Å². The molecular weight excluding hydrogens is 476 g/mol. The van der Waals surface area contributed by atoms with Gasteiger partial charge in [-0.3, -0.25) is 9.59 Å². The third-order valence-electron chi connectivity index (χ3n) is 5.20. The Hall–Kier alpha value is -4.76. The summed E-state index contributed by atoms with van der Waals surface area (Å²) in [4.78, 5) is 51.2. The lowest BCUT2D eigenvalue weighted by molar-refractivity contribution is -0.119. The third kappa shape index (κ3) is 4.86. The number of nitrogens with one attached hydrogen (secondary N) is 1. The van der Waals surface area contributed by atoms with E-state index in [-0.39, 0.29) is 17.2 Å². The lowest BCUT2D eigenvalue weighted by Gasteiger charge is -2.11. The fourth-order valence-corrected chi connectivity index (χ4v) is 4.50. The van der Waals surface area contributed by atoms with E-state index in [9.17, 15) is 14.4 Å². The van der Waals surface area contributed by atoms with E-state index >= 15 is 0 Å². The van der Waals surface area contributed by atoms with Gasteiger partial charge in [0.15, 0.2) is 18.1 Å². The molecule has 1 N–H and O–H groups in total. The molecule has 0 radical (unpaired) electrons. The largest absolute Gasteiger partial charge is 0.451 e. The van der Waals surface area contributed by atoms with Gasteiger partial charge in [-0.15, -0.1) is 11.3 Å². The van der Waals surface area contributed by atoms with E-state index in [4.69, 9.17) is 4.74 Å². The van der Waals surface area contributed by atoms with E-state index in [0.29, 0.717) is 21.8 Å². The maximum absolute atomic E-state index is 12.9. The SMILES string of the molecule is O=C(COC(=O)c1nccnc1-c1nc2ccccc2s1)Nc1ccccc1C(=O)c1ccccc1. The lowest BCUT2D eigenvalue weighted by Crippen LogP contribution is -2.23. The van der Waals surface area contributed by atoms with Crippen LogP contribution in [-0.2, 0) is 9.53 Å². The average Bonchev–Trinajstić information content (AvgIpc) is 3.36. The molecular formula is C27H18N4O4S. The highest BCUT2D eigenvalue weighted by Crippen LogP contribution is 2.30. The summed E-state index contributed by atoms with van der Waals surface area (Å²) in [5, 5.41) is 3.17. The minimum atomic E-state index is -0.804. The minimum absolute atomic E-state index is 0.0380. The zero-order valence-electron chi connectivity index (χ0n) is 18.8. The summed E-state index contributed by atoms with van der Waals surface area (Å²) >= 11 is 1.38. The molecule has 176 valence electrons. The lowest BCUT2D eigenvalue weighted by atomic mass is 10.0. The van der Waals surface area contributed by atoms with E-state index in [2.05, 4.69) is 20.3 Å². The van der Waals surface area contributed by atoms with Crippen molar-refractivity contribution in [3.05, 3.63) is 108 Å². The fourth-order valence-electron chi connectivity index (χ4n) is 3.54. The van der Waals surface area contributed by atoms with Gasteiger partial charge in [-0.2, -0.15) is 0 Å². The first-order valence-corrected chi connectivity index (χ1v) is 11.7. The van der Waals surface area contributed by atoms with Crippen LogP contribution in [0.2, 0.25) is 0 Å². The molecule has 36 heavy (non-hydrogen) atoms. The van der Waals surface area contributed by atoms with Gasteiger partial charge in [-0.1, -0.05) is 54.6 Å². The van der Waals surface area contributed by atoms with Crippen molar-refractivity contribution >= 4 is 44.9 Å². The predicted molar refractivity (Wildman–Crippen MR) is 136 cm³/mol. The number of thiazole rings is 1. The third-order valence-corrected chi connectivity index (χ3v) is 6.25. The van der Waals surface area contributed by atoms with Gasteiger partial charge in [0.25, 0.3) is 5.91 Å². The van der Waals surface area contributed by atoms with Crippen LogP contribution < -0.4 is 5.32 Å². The molecule has 0 saturated carbocycles. The van der Waals surface area contributed by atoms with Crippen molar-refractivity contribution in [3.63, 3.8) is 0 Å². The molecule has 0 spiro atoms. The van der Waals surface area contributed by atoms with Crippen molar-refractivity contribution in [2.45, 2.75) is 0 Å². The van der Waals surface area contributed by atoms with Gasteiger partial charge in [-0.05, 0) is 24.3 Å². The summed E-state index contributed by atoms with van der Waals surface area (Å²) in [6.45, 7) is -0.567. The highest BCUT2D eigenvalue weighted by molar-refractivity contribution is 7.21. The Morgan fingerprint density at radius 3 is 2.39 bits per heavy atom. The number of amides is 1. The Morgan fingerprint density at radius 2 is 1.56 bits per heavy atom. The maximum atomic E-state index is 12.9. The predicted octanol–water partition coefficient (Wildman–Crippen LogP) is 4.78. The normalized spacial score (nSPS) is 10.7. The Balaban J connectivity index is 1.29. The highest BCUT2D eigenvalue weighted by atomic mass is 32.1. The Labute approximate surface area is 209 Å². The van der Waals surface area contributed by atoms with Crippen molar-refractivity contribution in [1.82, 2.24) is 15.0 Å². The summed E-state index contributed by atoms with van der Waals surface area (Å²) in [7, 11) is 0. The van der Waals surface area contributed by atoms with E-state index in [1.165, 1.54) is 23.7 Å². The number of hydrogen-bond donors (Lipinski definition) is 1. The number of nitrogens with zero attached hydrogens (tertiary/aromatic N) is 3. The topological polar surface area (TPSA) is 111 Å². The number of carbonyl (C=O) groups excluding carboxylic acids is 3. The molecule has 5 aromatic rings. The number of esters is 1. The number of fused-ring (bicyclic) bond motifs is 1. The van der Waals surface area contributed by atoms with Gasteiger partial charge in [0.05, 0.1) is 15.9 Å². The first-order valence-electron chi connectivity index (χ1n) is 10.9. The second-order valence-electron chi connectivity index (χ2n) is 7.61. The number of anilines is 1. The molecule has 2 heterocycles. The van der Waals surface area contributed by atoms with E-state index in [1.807, 2.05) is 30.3 Å². The summed E-state index contributed by atoms with van der Waals surface area (Å²) in [6.07, 6.45) is 2.84. The molecule has 8 nitrogen and oxygen atoms in total. The van der Waals surface area contributed by atoms with Crippen LogP contribution in [0.1, 0.15) is 26.4 Å². The van der Waals surface area contributed by atoms with Crippen LogP contribution in [-0.4, -0.2) is 39.2 Å². The molecule has 0 saturated heterocycles. The second-order valence-corrected chi connectivity index (χ2v) is 8.64. The molecule has 0 bridgehead atoms. The Kier molecular flexibility index (Phi) is 6.55. The Bertz CT molecular complexity index is 1550. The molecule has 1 amide bonds. The molecule has 0 unspecified atom stereocenters. The smallest absolute Gasteiger partial charge is 0.359 e. The number of benzene rings is 3. The van der Waals surface area contributed by atoms with Crippen LogP contribution in [0.4, 0.5) is 5.69 Å². The van der Waals surface area contributed by atoms with E-state index in [1.54, 1.807) is 48.5 Å². The molecule has 9 heteroatoms. The van der Waals surface area contributed by atoms with Gasteiger partial charge in [0.1, 0.15) is 10.7 Å². The highest BCUT2D eigenvalue weighted by Gasteiger charge is 2.21. The molecule has 0 atom stereocenters. The number of rotatable bonds is 7. The number of ketones is 1. The van der Waals surface area contributed by atoms with Gasteiger partial charge in [-0.25, -0.2) is 19.7 Å². The summed E-state index contributed by atoms with van der Waals surface area (Å²) < 4.78 is 6.17. The average molecular weight is 495 g/mol. The fraction of sp³-hybridized carbons (Fsp3) is 0.0370. The minimum Gasteiger partial charge on any atom is -0.451 e. The van der Waals surface area contributed by atoms with Crippen molar-refractivity contribution in [2.24, 2.45) is 0 Å². The van der Waals surface area contributed by atoms with Crippen LogP contribution >= 0.6 is 11.3 Å². The number of carbonyl (C=O) groups is 3. The monoisotopic (exact) mass is 494 g/mol. The van der Waals surface area contributed by atoms with Crippen LogP contribution in [0.15, 0.2) is 91.3 Å². The summed E-state index contributed by atoms with van der Waals surface area (Å²) in [6, 6.07) is 23.0. The van der Waals surface area contributed by atoms with Gasteiger partial charge >= 0.3 is 5.97 Å². The van der Waals surface area contributed by atoms with E-state index < -0.39 is 18.5 Å². The Morgan fingerprint density at radius 1 is 0.833 bits per heavy atom. The zero-order chi connectivity index (χ0) is 24.9. The summed E-state index contributed by atoms with van der Waals surface area (Å²) in [5.41, 5.74) is 2.17.